The van der Waals surface area contributed by atoms with E-state index in [1.54, 1.807) is 11.0 Å². The lowest BCUT2D eigenvalue weighted by molar-refractivity contribution is -0.137. The molecular weight excluding hydrogens is 362 g/mol. The zero-order valence-corrected chi connectivity index (χ0v) is 14.4. The number of carbonyl (C=O) groups is 2. The number of nitrogens with zero attached hydrogens (tertiary/aromatic N) is 1. The second-order valence-corrected chi connectivity index (χ2v) is 6.03. The molecule has 2 rings (SSSR count). The first kappa shape index (κ1) is 17.3. The van der Waals surface area contributed by atoms with Crippen molar-refractivity contribution in [3.8, 4) is 0 Å². The van der Waals surface area contributed by atoms with Crippen molar-refractivity contribution in [2.24, 2.45) is 0 Å². The van der Waals surface area contributed by atoms with Crippen molar-refractivity contribution in [1.82, 2.24) is 4.90 Å². The fraction of sp³-hybridized carbons (Fsp3) is 0.294. The normalized spacial score (nSPS) is 10.5. The van der Waals surface area contributed by atoms with Crippen LogP contribution in [0, 0.1) is 0 Å². The molecule has 0 aliphatic rings. The lowest BCUT2D eigenvalue weighted by atomic mass is 10.1. The summed E-state index contributed by atoms with van der Waals surface area (Å²) in [7, 11) is 0. The Labute approximate surface area is 143 Å². The van der Waals surface area contributed by atoms with E-state index in [0.29, 0.717) is 24.3 Å². The number of halogens is 1. The molecule has 0 radical (unpaired) electrons. The number of benzene rings is 1. The average Bonchev–Trinajstić information content (AvgIpc) is 2.99. The molecule has 0 aliphatic carbocycles. The first-order valence-electron chi connectivity index (χ1n) is 7.33. The number of aliphatic carboxylic acids is 1. The largest absolute Gasteiger partial charge is 0.481 e. The van der Waals surface area contributed by atoms with Gasteiger partial charge < -0.3 is 14.4 Å². The summed E-state index contributed by atoms with van der Waals surface area (Å²) in [5.74, 6) is -0.527. The Balaban J connectivity index is 2.22. The smallest absolute Gasteiger partial charge is 0.305 e. The maximum absolute atomic E-state index is 12.7. The Morgan fingerprint density at radius 2 is 2.09 bits per heavy atom. The summed E-state index contributed by atoms with van der Waals surface area (Å²) in [6.07, 6.45) is 2.00. The van der Waals surface area contributed by atoms with Crippen LogP contribution in [-0.4, -0.2) is 28.4 Å². The summed E-state index contributed by atoms with van der Waals surface area (Å²) in [4.78, 5) is 25.2. The van der Waals surface area contributed by atoms with Gasteiger partial charge in [0.05, 0.1) is 18.2 Å². The second-order valence-electron chi connectivity index (χ2n) is 5.11. The summed E-state index contributed by atoms with van der Waals surface area (Å²) < 4.78 is 6.22. The van der Waals surface area contributed by atoms with E-state index in [9.17, 15) is 9.59 Å². The molecular formula is C17H18BrNO4. The van der Waals surface area contributed by atoms with Crippen molar-refractivity contribution in [3.05, 3.63) is 58.0 Å². The minimum absolute atomic E-state index is 0.0982. The van der Waals surface area contributed by atoms with E-state index in [0.717, 1.165) is 10.0 Å². The first-order valence-corrected chi connectivity index (χ1v) is 8.12. The molecule has 1 heterocycles. The molecule has 0 saturated carbocycles. The molecule has 1 N–H and O–H groups in total. The van der Waals surface area contributed by atoms with Crippen molar-refractivity contribution in [2.45, 2.75) is 26.3 Å². The van der Waals surface area contributed by atoms with E-state index >= 15 is 0 Å². The number of hydrogen-bond donors (Lipinski definition) is 1. The van der Waals surface area contributed by atoms with Crippen LogP contribution in [0.15, 0.2) is 45.5 Å². The highest BCUT2D eigenvalue weighted by molar-refractivity contribution is 9.10. The Morgan fingerprint density at radius 3 is 2.74 bits per heavy atom. The highest BCUT2D eigenvalue weighted by Crippen LogP contribution is 2.18. The maximum Gasteiger partial charge on any atom is 0.305 e. The van der Waals surface area contributed by atoms with Crippen LogP contribution < -0.4 is 0 Å². The maximum atomic E-state index is 12.7. The fourth-order valence-electron chi connectivity index (χ4n) is 2.31. The SMILES string of the molecule is CCc1occc1C(=O)N(CCC(=O)O)Cc1cccc(Br)c1. The number of carbonyl (C=O) groups excluding carboxylic acids is 1. The van der Waals surface area contributed by atoms with Crippen LogP contribution in [0.4, 0.5) is 0 Å². The molecule has 0 spiro atoms. The first-order chi connectivity index (χ1) is 11.0. The predicted molar refractivity (Wildman–Crippen MR) is 89.2 cm³/mol. The number of rotatable bonds is 7. The van der Waals surface area contributed by atoms with Crippen LogP contribution in [0.25, 0.3) is 0 Å². The monoisotopic (exact) mass is 379 g/mol. The molecule has 1 aromatic heterocycles. The standard InChI is InChI=1S/C17H18BrNO4/c1-2-15-14(7-9-23-15)17(22)19(8-6-16(20)21)11-12-4-3-5-13(18)10-12/h3-5,7,9-10H,2,6,8,11H2,1H3,(H,20,21). The van der Waals surface area contributed by atoms with Gasteiger partial charge in [0.1, 0.15) is 5.76 Å². The van der Waals surface area contributed by atoms with Crippen molar-refractivity contribution < 1.29 is 19.1 Å². The molecule has 1 amide bonds. The highest BCUT2D eigenvalue weighted by atomic mass is 79.9. The minimum atomic E-state index is -0.931. The van der Waals surface area contributed by atoms with E-state index < -0.39 is 5.97 Å². The molecule has 0 aliphatic heterocycles. The van der Waals surface area contributed by atoms with Gasteiger partial charge in [-0.15, -0.1) is 0 Å². The molecule has 6 heteroatoms. The third-order valence-corrected chi connectivity index (χ3v) is 3.94. The lowest BCUT2D eigenvalue weighted by Crippen LogP contribution is -2.33. The molecule has 0 saturated heterocycles. The molecule has 0 unspecified atom stereocenters. The van der Waals surface area contributed by atoms with Crippen molar-refractivity contribution in [3.63, 3.8) is 0 Å². The van der Waals surface area contributed by atoms with Gasteiger partial charge in [0.2, 0.25) is 0 Å². The van der Waals surface area contributed by atoms with Crippen LogP contribution in [0.5, 0.6) is 0 Å². The van der Waals surface area contributed by atoms with Gasteiger partial charge >= 0.3 is 5.97 Å². The van der Waals surface area contributed by atoms with Crippen molar-refractivity contribution in [1.29, 1.82) is 0 Å². The Bertz CT molecular complexity index is 695. The van der Waals surface area contributed by atoms with Crippen LogP contribution in [0.1, 0.15) is 35.0 Å². The third kappa shape index (κ3) is 4.69. The zero-order chi connectivity index (χ0) is 16.8. The molecule has 1 aromatic carbocycles. The summed E-state index contributed by atoms with van der Waals surface area (Å²) in [6.45, 7) is 2.40. The number of hydrogen-bond acceptors (Lipinski definition) is 3. The van der Waals surface area contributed by atoms with E-state index in [1.165, 1.54) is 6.26 Å². The third-order valence-electron chi connectivity index (χ3n) is 3.44. The number of aryl methyl sites for hydroxylation is 1. The van der Waals surface area contributed by atoms with Crippen molar-refractivity contribution in [2.75, 3.05) is 6.54 Å². The fourth-order valence-corrected chi connectivity index (χ4v) is 2.76. The van der Waals surface area contributed by atoms with E-state index in [4.69, 9.17) is 9.52 Å². The van der Waals surface area contributed by atoms with E-state index in [2.05, 4.69) is 15.9 Å². The number of amides is 1. The van der Waals surface area contributed by atoms with E-state index in [-0.39, 0.29) is 18.9 Å². The molecule has 2 aromatic rings. The van der Waals surface area contributed by atoms with Gasteiger partial charge in [0.25, 0.3) is 5.91 Å². The van der Waals surface area contributed by atoms with E-state index in [1.807, 2.05) is 31.2 Å². The van der Waals surface area contributed by atoms with Gasteiger partial charge in [-0.1, -0.05) is 35.0 Å². The van der Waals surface area contributed by atoms with Gasteiger partial charge in [-0.3, -0.25) is 9.59 Å². The molecule has 0 fully saturated rings. The molecule has 5 nitrogen and oxygen atoms in total. The number of carboxylic acid groups (broad SMARTS) is 1. The van der Waals surface area contributed by atoms with Gasteiger partial charge in [-0.25, -0.2) is 0 Å². The summed E-state index contributed by atoms with van der Waals surface area (Å²) in [5.41, 5.74) is 1.42. The highest BCUT2D eigenvalue weighted by Gasteiger charge is 2.21. The van der Waals surface area contributed by atoms with Crippen LogP contribution in [-0.2, 0) is 17.8 Å². The van der Waals surface area contributed by atoms with Crippen LogP contribution >= 0.6 is 15.9 Å². The van der Waals surface area contributed by atoms with Gasteiger partial charge in [-0.2, -0.15) is 0 Å². The predicted octanol–water partition coefficient (Wildman–Crippen LogP) is 3.72. The lowest BCUT2D eigenvalue weighted by Gasteiger charge is -2.22. The molecule has 23 heavy (non-hydrogen) atoms. The van der Waals surface area contributed by atoms with Gasteiger partial charge in [0, 0.05) is 24.0 Å². The minimum Gasteiger partial charge on any atom is -0.481 e. The summed E-state index contributed by atoms with van der Waals surface area (Å²) >= 11 is 3.40. The molecule has 0 atom stereocenters. The summed E-state index contributed by atoms with van der Waals surface area (Å²) in [5, 5.41) is 8.92. The van der Waals surface area contributed by atoms with Gasteiger partial charge in [-0.05, 0) is 23.8 Å². The average molecular weight is 380 g/mol. The zero-order valence-electron chi connectivity index (χ0n) is 12.8. The van der Waals surface area contributed by atoms with Gasteiger partial charge in [0.15, 0.2) is 0 Å². The second kappa shape index (κ2) is 7.97. The quantitative estimate of drug-likeness (QED) is 0.795. The molecule has 0 bridgehead atoms. The van der Waals surface area contributed by atoms with Crippen LogP contribution in [0.3, 0.4) is 0 Å². The Morgan fingerprint density at radius 1 is 1.30 bits per heavy atom. The Hall–Kier alpha value is -2.08. The molecule has 122 valence electrons. The summed E-state index contributed by atoms with van der Waals surface area (Å²) in [6, 6.07) is 9.24. The Kier molecular flexibility index (Phi) is 5.98. The number of carboxylic acids is 1. The van der Waals surface area contributed by atoms with Crippen LogP contribution in [0.2, 0.25) is 0 Å². The number of furan rings is 1. The van der Waals surface area contributed by atoms with Crippen molar-refractivity contribution >= 4 is 27.8 Å². The topological polar surface area (TPSA) is 70.8 Å².